The molecular weight excluding hydrogens is 314 g/mol. The normalized spacial score (nSPS) is 12.0. The Labute approximate surface area is 140 Å². The Bertz CT molecular complexity index is 585. The highest BCUT2D eigenvalue weighted by atomic mass is 19.2. The number of rotatable bonds is 10. The van der Waals surface area contributed by atoms with Crippen LogP contribution >= 0.6 is 0 Å². The molecule has 5 heteroatoms. The van der Waals surface area contributed by atoms with Gasteiger partial charge in [-0.2, -0.15) is 0 Å². The first-order valence-electron chi connectivity index (χ1n) is 7.95. The second kappa shape index (κ2) is 9.88. The third-order valence-corrected chi connectivity index (χ3v) is 3.42. The van der Waals surface area contributed by atoms with Gasteiger partial charge in [-0.1, -0.05) is 24.3 Å². The third kappa shape index (κ3) is 6.16. The minimum absolute atomic E-state index is 0.123. The van der Waals surface area contributed by atoms with Crippen molar-refractivity contribution >= 4 is 0 Å². The minimum atomic E-state index is -1.58. The molecule has 130 valence electrons. The van der Waals surface area contributed by atoms with E-state index in [1.165, 1.54) is 0 Å². The van der Waals surface area contributed by atoms with E-state index in [0.29, 0.717) is 18.8 Å². The zero-order valence-electron chi connectivity index (χ0n) is 13.5. The summed E-state index contributed by atoms with van der Waals surface area (Å²) in [6.45, 7) is -0.678. The predicted octanol–water partition coefficient (Wildman–Crippen LogP) is 3.73. The van der Waals surface area contributed by atoms with E-state index in [4.69, 9.17) is 14.6 Å². The van der Waals surface area contributed by atoms with Crippen LogP contribution < -0.4 is 9.47 Å². The summed E-state index contributed by atoms with van der Waals surface area (Å²) in [5.74, 6) is 1.31. The van der Waals surface area contributed by atoms with Gasteiger partial charge in [0.05, 0.1) is 6.61 Å². The minimum Gasteiger partial charge on any atom is -0.494 e. The first kappa shape index (κ1) is 18.2. The van der Waals surface area contributed by atoms with Crippen molar-refractivity contribution in [2.24, 2.45) is 0 Å². The molecule has 24 heavy (non-hydrogen) atoms. The largest absolute Gasteiger partial charge is 0.494 e. The van der Waals surface area contributed by atoms with Crippen molar-refractivity contribution in [3.63, 3.8) is 0 Å². The van der Waals surface area contributed by atoms with Crippen LogP contribution in [-0.4, -0.2) is 37.8 Å². The lowest BCUT2D eigenvalue weighted by atomic mass is 10.0. The molecule has 0 aliphatic carbocycles. The van der Waals surface area contributed by atoms with E-state index in [-0.39, 0.29) is 13.2 Å². The van der Waals surface area contributed by atoms with Crippen LogP contribution in [0.4, 0.5) is 8.78 Å². The number of hydrogen-bond acceptors (Lipinski definition) is 3. The van der Waals surface area contributed by atoms with Gasteiger partial charge in [0.1, 0.15) is 24.8 Å². The summed E-state index contributed by atoms with van der Waals surface area (Å²) in [4.78, 5) is 0. The van der Waals surface area contributed by atoms with Crippen LogP contribution in [0.3, 0.4) is 0 Å². The molecule has 0 aromatic heterocycles. The Morgan fingerprint density at radius 2 is 1.42 bits per heavy atom. The van der Waals surface area contributed by atoms with Gasteiger partial charge in [0.15, 0.2) is 6.17 Å². The SMILES string of the molecule is OCCCOc1ccc(Cc2ccc(OCC(F)CF)cc2)cc1. The molecule has 0 fully saturated rings. The Kier molecular flexibility index (Phi) is 7.49. The lowest BCUT2D eigenvalue weighted by Gasteiger charge is -2.09. The van der Waals surface area contributed by atoms with Gasteiger partial charge >= 0.3 is 0 Å². The Morgan fingerprint density at radius 3 is 1.92 bits per heavy atom. The zero-order chi connectivity index (χ0) is 17.2. The zero-order valence-corrected chi connectivity index (χ0v) is 13.5. The summed E-state index contributed by atoms with van der Waals surface area (Å²) in [6, 6.07) is 15.1. The van der Waals surface area contributed by atoms with Crippen LogP contribution in [0.1, 0.15) is 17.5 Å². The molecule has 2 aromatic rings. The fourth-order valence-corrected chi connectivity index (χ4v) is 2.13. The molecule has 0 amide bonds. The Hall–Kier alpha value is -2.14. The Morgan fingerprint density at radius 1 is 0.875 bits per heavy atom. The number of halogens is 2. The summed E-state index contributed by atoms with van der Waals surface area (Å²) >= 11 is 0. The molecule has 1 atom stereocenters. The van der Waals surface area contributed by atoms with E-state index in [9.17, 15) is 8.78 Å². The molecule has 1 N–H and O–H groups in total. The number of ether oxygens (including phenoxy) is 2. The van der Waals surface area contributed by atoms with E-state index in [1.54, 1.807) is 12.1 Å². The smallest absolute Gasteiger partial charge is 0.162 e. The molecule has 1 unspecified atom stereocenters. The summed E-state index contributed by atoms with van der Waals surface area (Å²) in [5.41, 5.74) is 2.23. The molecule has 0 heterocycles. The highest BCUT2D eigenvalue weighted by Gasteiger charge is 2.06. The van der Waals surface area contributed by atoms with E-state index >= 15 is 0 Å². The van der Waals surface area contributed by atoms with Gasteiger partial charge in [0, 0.05) is 13.0 Å². The van der Waals surface area contributed by atoms with Gasteiger partial charge < -0.3 is 14.6 Å². The van der Waals surface area contributed by atoms with Crippen LogP contribution in [0.2, 0.25) is 0 Å². The number of aliphatic hydroxyl groups excluding tert-OH is 1. The standard InChI is InChI=1S/C19H22F2O3/c20-13-17(21)14-24-19-8-4-16(5-9-19)12-15-2-6-18(7-3-15)23-11-1-10-22/h2-9,17,22H,1,10-14H2. The average molecular weight is 336 g/mol. The fraction of sp³-hybridized carbons (Fsp3) is 0.368. The molecule has 0 saturated carbocycles. The van der Waals surface area contributed by atoms with Crippen molar-refractivity contribution in [2.75, 3.05) is 26.5 Å². The van der Waals surface area contributed by atoms with Gasteiger partial charge in [0.2, 0.25) is 0 Å². The van der Waals surface area contributed by atoms with E-state index < -0.39 is 12.8 Å². The van der Waals surface area contributed by atoms with E-state index in [0.717, 1.165) is 23.3 Å². The maximum absolute atomic E-state index is 12.8. The topological polar surface area (TPSA) is 38.7 Å². The first-order chi connectivity index (χ1) is 11.7. The summed E-state index contributed by atoms with van der Waals surface area (Å²) in [6.07, 6.45) is -0.208. The number of alkyl halides is 2. The third-order valence-electron chi connectivity index (χ3n) is 3.42. The number of aliphatic hydroxyl groups is 1. The van der Waals surface area contributed by atoms with E-state index in [1.807, 2.05) is 36.4 Å². The molecule has 3 nitrogen and oxygen atoms in total. The van der Waals surface area contributed by atoms with Crippen LogP contribution in [0.25, 0.3) is 0 Å². The van der Waals surface area contributed by atoms with Crippen molar-refractivity contribution < 1.29 is 23.4 Å². The van der Waals surface area contributed by atoms with Crippen LogP contribution in [-0.2, 0) is 6.42 Å². The van der Waals surface area contributed by atoms with E-state index in [2.05, 4.69) is 0 Å². The molecule has 2 aromatic carbocycles. The fourth-order valence-electron chi connectivity index (χ4n) is 2.13. The summed E-state index contributed by atoms with van der Waals surface area (Å²) in [7, 11) is 0. The maximum Gasteiger partial charge on any atom is 0.162 e. The van der Waals surface area contributed by atoms with Gasteiger partial charge in [-0.05, 0) is 41.8 Å². The van der Waals surface area contributed by atoms with Crippen LogP contribution in [0, 0.1) is 0 Å². The van der Waals surface area contributed by atoms with Crippen molar-refractivity contribution in [2.45, 2.75) is 19.0 Å². The lowest BCUT2D eigenvalue weighted by molar-refractivity contribution is 0.166. The quantitative estimate of drug-likeness (QED) is 0.672. The molecule has 0 aliphatic heterocycles. The lowest BCUT2D eigenvalue weighted by Crippen LogP contribution is -2.14. The van der Waals surface area contributed by atoms with Crippen molar-refractivity contribution in [1.29, 1.82) is 0 Å². The average Bonchev–Trinajstić information content (AvgIpc) is 2.62. The molecule has 0 bridgehead atoms. The predicted molar refractivity (Wildman–Crippen MR) is 89.3 cm³/mol. The molecule has 0 saturated heterocycles. The molecule has 0 aliphatic rings. The first-order valence-corrected chi connectivity index (χ1v) is 7.95. The van der Waals surface area contributed by atoms with Crippen molar-refractivity contribution in [3.05, 3.63) is 59.7 Å². The molecule has 2 rings (SSSR count). The summed E-state index contributed by atoms with van der Waals surface area (Å²) < 4.78 is 35.5. The van der Waals surface area contributed by atoms with Crippen LogP contribution in [0.5, 0.6) is 11.5 Å². The van der Waals surface area contributed by atoms with Crippen molar-refractivity contribution in [3.8, 4) is 11.5 Å². The van der Waals surface area contributed by atoms with Gasteiger partial charge in [-0.3, -0.25) is 0 Å². The van der Waals surface area contributed by atoms with Crippen LogP contribution in [0.15, 0.2) is 48.5 Å². The highest BCUT2D eigenvalue weighted by Crippen LogP contribution is 2.18. The van der Waals surface area contributed by atoms with Crippen molar-refractivity contribution in [1.82, 2.24) is 0 Å². The van der Waals surface area contributed by atoms with Gasteiger partial charge in [-0.25, -0.2) is 8.78 Å². The second-order valence-corrected chi connectivity index (χ2v) is 5.45. The number of benzene rings is 2. The molecular formula is C19H22F2O3. The van der Waals surface area contributed by atoms with Gasteiger partial charge in [-0.15, -0.1) is 0 Å². The monoisotopic (exact) mass is 336 g/mol. The second-order valence-electron chi connectivity index (χ2n) is 5.45. The summed E-state index contributed by atoms with van der Waals surface area (Å²) in [5, 5.41) is 8.72. The number of hydrogen-bond donors (Lipinski definition) is 1. The Balaban J connectivity index is 1.84. The maximum atomic E-state index is 12.8. The van der Waals surface area contributed by atoms with Gasteiger partial charge in [0.25, 0.3) is 0 Å². The molecule has 0 spiro atoms. The molecule has 0 radical (unpaired) electrons. The highest BCUT2D eigenvalue weighted by molar-refractivity contribution is 5.34.